The second-order valence-electron chi connectivity index (χ2n) is 10.1. The summed E-state index contributed by atoms with van der Waals surface area (Å²) in [4.78, 5) is 12.3. The number of aromatic nitrogens is 1. The highest BCUT2D eigenvalue weighted by Gasteiger charge is 2.25. The molecule has 0 saturated carbocycles. The highest BCUT2D eigenvalue weighted by molar-refractivity contribution is 5.86. The topological polar surface area (TPSA) is 127 Å². The summed E-state index contributed by atoms with van der Waals surface area (Å²) in [7, 11) is 0. The number of aliphatic hydroxyl groups is 3. The zero-order valence-electron chi connectivity index (χ0n) is 22.7. The van der Waals surface area contributed by atoms with Gasteiger partial charge in [0, 0.05) is 36.7 Å². The second kappa shape index (κ2) is 14.1. The molecule has 4 rings (SSSR count). The Balaban J connectivity index is 1.54. The van der Waals surface area contributed by atoms with Crippen molar-refractivity contribution in [2.24, 2.45) is 5.73 Å². The third-order valence-electron chi connectivity index (χ3n) is 6.93. The zero-order valence-corrected chi connectivity index (χ0v) is 22.7. The minimum absolute atomic E-state index is 0.101. The lowest BCUT2D eigenvalue weighted by molar-refractivity contribution is -0.146. The predicted octanol–water partition coefficient (Wildman–Crippen LogP) is 3.33. The summed E-state index contributed by atoms with van der Waals surface area (Å²) in [5.74, 6) is 0.331. The Hall–Kier alpha value is -3.69. The Morgan fingerprint density at radius 2 is 1.62 bits per heavy atom. The zero-order chi connectivity index (χ0) is 28.4. The largest absolute Gasteiger partial charge is 0.494 e. The molecule has 0 aliphatic heterocycles. The third kappa shape index (κ3) is 7.70. The van der Waals surface area contributed by atoms with Gasteiger partial charge in [-0.25, -0.2) is 0 Å². The molecule has 8 heteroatoms. The number of carbonyl (C=O) groups is 1. The smallest absolute Gasteiger partial charge is 0.306 e. The molecule has 0 atom stereocenters. The Kier molecular flexibility index (Phi) is 10.3. The van der Waals surface area contributed by atoms with Crippen molar-refractivity contribution in [3.8, 4) is 11.4 Å². The maximum absolute atomic E-state index is 12.3. The minimum Gasteiger partial charge on any atom is -0.494 e. The molecule has 0 fully saturated rings. The number of rotatable bonds is 15. The van der Waals surface area contributed by atoms with Crippen LogP contribution in [0.4, 0.5) is 0 Å². The predicted molar refractivity (Wildman–Crippen MR) is 155 cm³/mol. The summed E-state index contributed by atoms with van der Waals surface area (Å²) in [6.07, 6.45) is 5.20. The lowest BCUT2D eigenvalue weighted by atomic mass is 10.0. The number of ether oxygens (including phenoxy) is 2. The Labute approximate surface area is 234 Å². The van der Waals surface area contributed by atoms with Crippen molar-refractivity contribution in [1.82, 2.24) is 4.57 Å². The van der Waals surface area contributed by atoms with Gasteiger partial charge in [-0.1, -0.05) is 36.4 Å². The van der Waals surface area contributed by atoms with Crippen LogP contribution >= 0.6 is 0 Å². The number of fused-ring (bicyclic) bond motifs is 1. The van der Waals surface area contributed by atoms with E-state index in [1.807, 2.05) is 36.4 Å². The van der Waals surface area contributed by atoms with E-state index in [9.17, 15) is 15.0 Å². The SMILES string of the molecule is NC(CO)(CO)COC(=O)CCc1ccc2c(c1)c(CCc1ccccc1)cn2-c1ccc(OCCCO)cc1. The maximum Gasteiger partial charge on any atom is 0.306 e. The van der Waals surface area contributed by atoms with Crippen LogP contribution < -0.4 is 10.5 Å². The fraction of sp³-hybridized carbons (Fsp3) is 0.344. The lowest BCUT2D eigenvalue weighted by Crippen LogP contribution is -2.51. The van der Waals surface area contributed by atoms with Gasteiger partial charge in [0.15, 0.2) is 0 Å². The molecular formula is C32H38N2O6. The van der Waals surface area contributed by atoms with Crippen LogP contribution in [-0.2, 0) is 28.8 Å². The summed E-state index contributed by atoms with van der Waals surface area (Å²) in [5, 5.41) is 28.7. The van der Waals surface area contributed by atoms with Crippen molar-refractivity contribution in [3.63, 3.8) is 0 Å². The van der Waals surface area contributed by atoms with Gasteiger partial charge in [-0.15, -0.1) is 0 Å². The molecule has 1 heterocycles. The van der Waals surface area contributed by atoms with Gasteiger partial charge in [-0.3, -0.25) is 4.79 Å². The second-order valence-corrected chi connectivity index (χ2v) is 10.1. The normalized spacial score (nSPS) is 11.6. The van der Waals surface area contributed by atoms with Crippen LogP contribution in [0.2, 0.25) is 0 Å². The molecule has 0 amide bonds. The van der Waals surface area contributed by atoms with Crippen molar-refractivity contribution in [1.29, 1.82) is 0 Å². The summed E-state index contributed by atoms with van der Waals surface area (Å²) in [6, 6.07) is 24.5. The first-order valence-corrected chi connectivity index (χ1v) is 13.6. The molecule has 4 aromatic rings. The molecule has 0 saturated heterocycles. The first-order valence-electron chi connectivity index (χ1n) is 13.6. The molecule has 212 valence electrons. The highest BCUT2D eigenvalue weighted by Crippen LogP contribution is 2.29. The van der Waals surface area contributed by atoms with Gasteiger partial charge in [0.05, 0.1) is 30.9 Å². The molecule has 1 aromatic heterocycles. The van der Waals surface area contributed by atoms with Crippen molar-refractivity contribution in [3.05, 3.63) is 95.7 Å². The maximum atomic E-state index is 12.3. The van der Waals surface area contributed by atoms with E-state index in [0.717, 1.165) is 40.7 Å². The van der Waals surface area contributed by atoms with E-state index < -0.39 is 24.7 Å². The van der Waals surface area contributed by atoms with Gasteiger partial charge < -0.3 is 35.1 Å². The minimum atomic E-state index is -1.34. The molecule has 5 N–H and O–H groups in total. The molecule has 0 unspecified atom stereocenters. The molecule has 0 spiro atoms. The molecule has 8 nitrogen and oxygen atoms in total. The van der Waals surface area contributed by atoms with E-state index in [1.54, 1.807) is 0 Å². The summed E-state index contributed by atoms with van der Waals surface area (Å²) < 4.78 is 13.1. The van der Waals surface area contributed by atoms with Crippen LogP contribution in [0.25, 0.3) is 16.6 Å². The monoisotopic (exact) mass is 546 g/mol. The van der Waals surface area contributed by atoms with Crippen LogP contribution in [0, 0.1) is 0 Å². The summed E-state index contributed by atoms with van der Waals surface area (Å²) in [6.45, 7) is -0.622. The van der Waals surface area contributed by atoms with Crippen LogP contribution in [0.3, 0.4) is 0 Å². The number of hydrogen-bond donors (Lipinski definition) is 4. The first-order chi connectivity index (χ1) is 19.4. The number of aryl methyl sites for hydroxylation is 3. The standard InChI is InChI=1S/C32H38N2O6/c33-32(21-36,22-37)23-40-31(38)16-9-25-8-15-30-29(19-25)26(10-7-24-5-2-1-3-6-24)20-34(30)27-11-13-28(14-12-27)39-18-4-17-35/h1-3,5-6,8,11-15,19-20,35-37H,4,7,9-10,16-18,21-23,33H2. The molecule has 3 aromatic carbocycles. The van der Waals surface area contributed by atoms with Crippen LogP contribution in [-0.4, -0.2) is 64.4 Å². The summed E-state index contributed by atoms with van der Waals surface area (Å²) >= 11 is 0. The number of aliphatic hydroxyl groups excluding tert-OH is 3. The first kappa shape index (κ1) is 29.3. The van der Waals surface area contributed by atoms with E-state index in [-0.39, 0.29) is 19.6 Å². The fourth-order valence-electron chi connectivity index (χ4n) is 4.48. The number of esters is 1. The van der Waals surface area contributed by atoms with Crippen molar-refractivity contribution in [2.75, 3.05) is 33.0 Å². The van der Waals surface area contributed by atoms with Gasteiger partial charge in [0.1, 0.15) is 12.4 Å². The average molecular weight is 547 g/mol. The molecule has 0 aliphatic rings. The number of carbonyl (C=O) groups excluding carboxylic acids is 1. The average Bonchev–Trinajstić information content (AvgIpc) is 3.36. The van der Waals surface area contributed by atoms with E-state index in [1.165, 1.54) is 11.1 Å². The third-order valence-corrected chi connectivity index (χ3v) is 6.93. The number of nitrogens with two attached hydrogens (primary N) is 1. The molecule has 0 aliphatic carbocycles. The molecular weight excluding hydrogens is 508 g/mol. The van der Waals surface area contributed by atoms with Gasteiger partial charge in [0.2, 0.25) is 0 Å². The molecule has 0 radical (unpaired) electrons. The Bertz CT molecular complexity index is 1360. The number of nitrogens with zero attached hydrogens (tertiary/aromatic N) is 1. The van der Waals surface area contributed by atoms with E-state index in [0.29, 0.717) is 19.4 Å². The number of hydrogen-bond acceptors (Lipinski definition) is 7. The quantitative estimate of drug-likeness (QED) is 0.133. The van der Waals surface area contributed by atoms with Crippen LogP contribution in [0.15, 0.2) is 79.0 Å². The number of benzene rings is 3. The van der Waals surface area contributed by atoms with Gasteiger partial charge in [0.25, 0.3) is 0 Å². The Morgan fingerprint density at radius 1 is 0.875 bits per heavy atom. The van der Waals surface area contributed by atoms with Crippen molar-refractivity contribution >= 4 is 16.9 Å². The van der Waals surface area contributed by atoms with Crippen molar-refractivity contribution < 1.29 is 29.6 Å². The highest BCUT2D eigenvalue weighted by atomic mass is 16.5. The van der Waals surface area contributed by atoms with Crippen LogP contribution in [0.5, 0.6) is 5.75 Å². The summed E-state index contributed by atoms with van der Waals surface area (Å²) in [5.41, 5.74) is 10.0. The van der Waals surface area contributed by atoms with E-state index in [4.69, 9.17) is 20.3 Å². The molecule has 0 bridgehead atoms. The van der Waals surface area contributed by atoms with Crippen LogP contribution in [0.1, 0.15) is 29.5 Å². The molecule has 40 heavy (non-hydrogen) atoms. The lowest BCUT2D eigenvalue weighted by Gasteiger charge is -2.23. The van der Waals surface area contributed by atoms with E-state index in [2.05, 4.69) is 47.2 Å². The van der Waals surface area contributed by atoms with Gasteiger partial charge >= 0.3 is 5.97 Å². The van der Waals surface area contributed by atoms with Crippen molar-refractivity contribution in [2.45, 2.75) is 37.6 Å². The van der Waals surface area contributed by atoms with Gasteiger partial charge in [-0.05, 0) is 72.4 Å². The van der Waals surface area contributed by atoms with E-state index >= 15 is 0 Å². The Morgan fingerprint density at radius 3 is 2.33 bits per heavy atom. The van der Waals surface area contributed by atoms with Gasteiger partial charge in [-0.2, -0.15) is 0 Å². The fourth-order valence-corrected chi connectivity index (χ4v) is 4.48.